The highest BCUT2D eigenvalue weighted by molar-refractivity contribution is 8.16. The van der Waals surface area contributed by atoms with Crippen LogP contribution in [0.25, 0.3) is 0 Å². The highest BCUT2D eigenvalue weighted by Gasteiger charge is 2.26. The summed E-state index contributed by atoms with van der Waals surface area (Å²) in [4.78, 5) is 25.1. The third-order valence-electron chi connectivity index (χ3n) is 8.74. The molecule has 0 aliphatic heterocycles. The lowest BCUT2D eigenvalue weighted by Crippen LogP contribution is -2.25. The summed E-state index contributed by atoms with van der Waals surface area (Å²) in [5, 5.41) is 2.48. The number of esters is 1. The Morgan fingerprint density at radius 3 is 1.15 bits per heavy atom. The maximum atomic E-state index is 12.8. The second-order valence-corrected chi connectivity index (χ2v) is 18.2. The molecule has 0 rings (SSSR count). The Kier molecular flexibility index (Phi) is 40.4. The van der Waals surface area contributed by atoms with E-state index in [-0.39, 0.29) is 11.8 Å². The van der Waals surface area contributed by atoms with Crippen LogP contribution in [0, 0.1) is 5.92 Å². The number of hydrogen-bond acceptors (Lipinski definition) is 7. The summed E-state index contributed by atoms with van der Waals surface area (Å²) in [6, 6.07) is 0. The van der Waals surface area contributed by atoms with E-state index in [2.05, 4.69) is 60.9 Å². The molecule has 0 heterocycles. The van der Waals surface area contributed by atoms with E-state index in [0.717, 1.165) is 25.7 Å². The second kappa shape index (κ2) is 40.0. The van der Waals surface area contributed by atoms with Crippen LogP contribution < -0.4 is 0 Å². The van der Waals surface area contributed by atoms with Crippen molar-refractivity contribution in [2.75, 3.05) is 40.3 Å². The number of carbonyl (C=O) groups excluding carboxylic acids is 2. The van der Waals surface area contributed by atoms with Gasteiger partial charge in [0.2, 0.25) is 0 Å². The third kappa shape index (κ3) is 34.4. The normalized spacial score (nSPS) is 12.1. The molecule has 0 aliphatic rings. The van der Waals surface area contributed by atoms with Crippen LogP contribution in [0.15, 0.2) is 0 Å². The maximum absolute atomic E-state index is 12.8. The van der Waals surface area contributed by atoms with E-state index in [1.54, 1.807) is 0 Å². The van der Waals surface area contributed by atoms with Crippen LogP contribution in [-0.4, -0.2) is 52.0 Å². The SMILES string of the molecule is CCCCCCCCCSCSCCCCCCCCC(=O)C(CCCCCCCSCSCCCCCCCCC)C(=O)OC. The van der Waals surface area contributed by atoms with Crippen LogP contribution in [0.2, 0.25) is 0 Å². The summed E-state index contributed by atoms with van der Waals surface area (Å²) in [7, 11) is 1.42. The number of rotatable bonds is 39. The molecule has 0 spiro atoms. The van der Waals surface area contributed by atoms with E-state index in [4.69, 9.17) is 4.74 Å². The molecule has 0 aliphatic carbocycles. The number of unbranched alkanes of at least 4 members (excludes halogenated alkanes) is 21. The molecule has 274 valence electrons. The zero-order chi connectivity index (χ0) is 33.6. The lowest BCUT2D eigenvalue weighted by molar-refractivity contribution is -0.149. The van der Waals surface area contributed by atoms with E-state index in [0.29, 0.717) is 12.8 Å². The number of ether oxygens (including phenoxy) is 1. The molecule has 0 saturated heterocycles. The Balaban J connectivity index is 3.58. The molecule has 0 amide bonds. The first-order valence-corrected chi connectivity index (χ1v) is 24.2. The van der Waals surface area contributed by atoms with Crippen LogP contribution in [-0.2, 0) is 14.3 Å². The second-order valence-electron chi connectivity index (χ2n) is 13.1. The number of thioether (sulfide) groups is 4. The molecule has 0 aromatic carbocycles. The molecule has 46 heavy (non-hydrogen) atoms. The van der Waals surface area contributed by atoms with Gasteiger partial charge in [-0.1, -0.05) is 142 Å². The van der Waals surface area contributed by atoms with Crippen LogP contribution in [0.4, 0.5) is 0 Å². The van der Waals surface area contributed by atoms with Crippen LogP contribution in [0.1, 0.15) is 187 Å². The van der Waals surface area contributed by atoms with Crippen molar-refractivity contribution in [3.63, 3.8) is 0 Å². The van der Waals surface area contributed by atoms with Gasteiger partial charge in [-0.05, 0) is 61.5 Å². The lowest BCUT2D eigenvalue weighted by Gasteiger charge is -2.13. The molecular formula is C39H76O3S4. The smallest absolute Gasteiger partial charge is 0.316 e. The average Bonchev–Trinajstić information content (AvgIpc) is 3.06. The van der Waals surface area contributed by atoms with Gasteiger partial charge in [0.1, 0.15) is 11.7 Å². The minimum Gasteiger partial charge on any atom is -0.468 e. The van der Waals surface area contributed by atoms with Gasteiger partial charge in [-0.25, -0.2) is 0 Å². The van der Waals surface area contributed by atoms with E-state index in [1.165, 1.54) is 175 Å². The number of ketones is 1. The van der Waals surface area contributed by atoms with Crippen LogP contribution in [0.3, 0.4) is 0 Å². The Hall–Kier alpha value is 0.540. The largest absolute Gasteiger partial charge is 0.468 e. The van der Waals surface area contributed by atoms with Gasteiger partial charge < -0.3 is 4.74 Å². The molecule has 0 N–H and O–H groups in total. The van der Waals surface area contributed by atoms with Gasteiger partial charge in [0.05, 0.1) is 7.11 Å². The highest BCUT2D eigenvalue weighted by Crippen LogP contribution is 2.21. The Bertz CT molecular complexity index is 634. The first-order chi connectivity index (χ1) is 22.7. The summed E-state index contributed by atoms with van der Waals surface area (Å²) in [6.45, 7) is 4.56. The van der Waals surface area contributed by atoms with Gasteiger partial charge in [0.25, 0.3) is 0 Å². The molecule has 7 heteroatoms. The molecule has 0 saturated carbocycles. The predicted molar refractivity (Wildman–Crippen MR) is 216 cm³/mol. The van der Waals surface area contributed by atoms with Crippen molar-refractivity contribution in [2.24, 2.45) is 5.92 Å². The summed E-state index contributed by atoms with van der Waals surface area (Å²) < 4.78 is 4.99. The Morgan fingerprint density at radius 1 is 0.457 bits per heavy atom. The highest BCUT2D eigenvalue weighted by atomic mass is 32.2. The predicted octanol–water partition coefficient (Wildman–Crippen LogP) is 13.8. The monoisotopic (exact) mass is 720 g/mol. The van der Waals surface area contributed by atoms with E-state index in [1.807, 2.05) is 0 Å². The summed E-state index contributed by atoms with van der Waals surface area (Å²) >= 11 is 8.41. The van der Waals surface area contributed by atoms with Gasteiger partial charge >= 0.3 is 5.97 Å². The van der Waals surface area contributed by atoms with Crippen LogP contribution in [0.5, 0.6) is 0 Å². The molecule has 0 fully saturated rings. The van der Waals surface area contributed by atoms with Crippen LogP contribution >= 0.6 is 47.0 Å². The fourth-order valence-corrected chi connectivity index (χ4v) is 10.2. The van der Waals surface area contributed by atoms with Gasteiger partial charge in [0.15, 0.2) is 0 Å². The first-order valence-electron chi connectivity index (χ1n) is 19.6. The van der Waals surface area contributed by atoms with Crippen molar-refractivity contribution in [3.8, 4) is 0 Å². The van der Waals surface area contributed by atoms with Gasteiger partial charge in [0, 0.05) is 16.6 Å². The van der Waals surface area contributed by atoms with E-state index < -0.39 is 5.92 Å². The Labute approximate surface area is 305 Å². The zero-order valence-electron chi connectivity index (χ0n) is 30.8. The van der Waals surface area contributed by atoms with Gasteiger partial charge in [-0.3, -0.25) is 9.59 Å². The maximum Gasteiger partial charge on any atom is 0.316 e. The first kappa shape index (κ1) is 46.5. The minimum atomic E-state index is -0.547. The zero-order valence-corrected chi connectivity index (χ0v) is 34.0. The third-order valence-corrected chi connectivity index (χ3v) is 13.7. The van der Waals surface area contributed by atoms with Crippen molar-refractivity contribution in [1.82, 2.24) is 0 Å². The molecule has 1 unspecified atom stereocenters. The molecule has 0 bridgehead atoms. The summed E-state index contributed by atoms with van der Waals surface area (Å²) in [5.74, 6) is 4.41. The topological polar surface area (TPSA) is 43.4 Å². The van der Waals surface area contributed by atoms with E-state index in [9.17, 15) is 9.59 Å². The standard InChI is InChI=1S/C39H76O3S4/c1-4-6-8-10-13-19-25-31-43-35-45-33-27-21-15-12-18-24-30-38(40)37(39(41)42-3)29-23-17-16-22-28-34-46-36-44-32-26-20-14-11-9-7-5-2/h37H,4-36H2,1-3H3. The number of Topliss-reactive ketones (excluding diaryl/α,β-unsaturated/α-hetero) is 1. The van der Waals surface area contributed by atoms with Gasteiger partial charge in [-0.2, -0.15) is 47.0 Å². The van der Waals surface area contributed by atoms with E-state index >= 15 is 0 Å². The van der Waals surface area contributed by atoms with Gasteiger partial charge in [-0.15, -0.1) is 0 Å². The fourth-order valence-electron chi connectivity index (χ4n) is 5.70. The lowest BCUT2D eigenvalue weighted by atomic mass is 9.93. The molecular weight excluding hydrogens is 645 g/mol. The molecule has 0 aromatic heterocycles. The van der Waals surface area contributed by atoms with Crippen molar-refractivity contribution in [1.29, 1.82) is 0 Å². The number of hydrogen-bond donors (Lipinski definition) is 0. The van der Waals surface area contributed by atoms with Crippen molar-refractivity contribution < 1.29 is 14.3 Å². The fraction of sp³-hybridized carbons (Fsp3) is 0.949. The Morgan fingerprint density at radius 2 is 0.783 bits per heavy atom. The molecule has 3 nitrogen and oxygen atoms in total. The van der Waals surface area contributed by atoms with Crippen molar-refractivity contribution in [3.05, 3.63) is 0 Å². The quantitative estimate of drug-likeness (QED) is 0.0271. The number of methoxy groups -OCH3 is 1. The summed E-state index contributed by atoms with van der Waals surface area (Å²) in [6.07, 6.45) is 33.6. The molecule has 0 aromatic rings. The average molecular weight is 721 g/mol. The van der Waals surface area contributed by atoms with Crippen molar-refractivity contribution >= 4 is 58.8 Å². The molecule has 1 atom stereocenters. The number of carbonyl (C=O) groups is 2. The summed E-state index contributed by atoms with van der Waals surface area (Å²) in [5.41, 5.74) is 0. The minimum absolute atomic E-state index is 0.0997. The molecule has 0 radical (unpaired) electrons. The van der Waals surface area contributed by atoms with Crippen molar-refractivity contribution in [2.45, 2.75) is 187 Å².